The van der Waals surface area contributed by atoms with E-state index in [-0.39, 0.29) is 6.10 Å². The Bertz CT molecular complexity index is 534. The highest BCUT2D eigenvalue weighted by atomic mass is 16.5. The topological polar surface area (TPSA) is 18.5 Å². The lowest BCUT2D eigenvalue weighted by atomic mass is 10.1. The first kappa shape index (κ1) is 17.4. The number of rotatable bonds is 10. The minimum atomic E-state index is 0.267. The van der Waals surface area contributed by atoms with Crippen LogP contribution in [0.4, 0.5) is 0 Å². The molecule has 2 nitrogen and oxygen atoms in total. The molecule has 2 rings (SSSR count). The standard InChI is InChI=1S/C21H28O2/c1-3-4-5-7-10-18(2)23-21-15-13-20(14-16-21)22-17-19-11-8-6-9-12-19/h6,8-9,11-16,18H,3-5,7,10,17H2,1-2H3. The highest BCUT2D eigenvalue weighted by Gasteiger charge is 2.04. The van der Waals surface area contributed by atoms with Gasteiger partial charge in [0, 0.05) is 0 Å². The maximum atomic E-state index is 5.96. The molecule has 0 radical (unpaired) electrons. The van der Waals surface area contributed by atoms with Crippen LogP contribution < -0.4 is 9.47 Å². The zero-order valence-electron chi connectivity index (χ0n) is 14.3. The molecule has 0 saturated heterocycles. The van der Waals surface area contributed by atoms with E-state index in [9.17, 15) is 0 Å². The van der Waals surface area contributed by atoms with Gasteiger partial charge in [-0.25, -0.2) is 0 Å². The summed E-state index contributed by atoms with van der Waals surface area (Å²) in [6.45, 7) is 4.97. The van der Waals surface area contributed by atoms with Crippen LogP contribution in [0.3, 0.4) is 0 Å². The third-order valence-electron chi connectivity index (χ3n) is 3.87. The molecule has 0 heterocycles. The predicted octanol–water partition coefficient (Wildman–Crippen LogP) is 6.00. The van der Waals surface area contributed by atoms with Crippen LogP contribution in [-0.2, 0) is 6.61 Å². The lowest BCUT2D eigenvalue weighted by molar-refractivity contribution is 0.206. The zero-order chi connectivity index (χ0) is 16.3. The van der Waals surface area contributed by atoms with Gasteiger partial charge in [-0.3, -0.25) is 0 Å². The average Bonchev–Trinajstić information content (AvgIpc) is 2.59. The molecule has 124 valence electrons. The maximum Gasteiger partial charge on any atom is 0.120 e. The Hall–Kier alpha value is -1.96. The Kier molecular flexibility index (Phi) is 7.51. The summed E-state index contributed by atoms with van der Waals surface area (Å²) in [7, 11) is 0. The van der Waals surface area contributed by atoms with E-state index in [4.69, 9.17) is 9.47 Å². The Morgan fingerprint density at radius 3 is 2.22 bits per heavy atom. The second-order valence-electron chi connectivity index (χ2n) is 6.02. The van der Waals surface area contributed by atoms with Crippen molar-refractivity contribution in [2.45, 2.75) is 58.7 Å². The van der Waals surface area contributed by atoms with E-state index in [2.05, 4.69) is 26.0 Å². The first-order valence-electron chi connectivity index (χ1n) is 8.71. The number of benzene rings is 2. The van der Waals surface area contributed by atoms with Gasteiger partial charge in [-0.2, -0.15) is 0 Å². The fraction of sp³-hybridized carbons (Fsp3) is 0.429. The van der Waals surface area contributed by atoms with Gasteiger partial charge in [-0.05, 0) is 49.6 Å². The molecule has 23 heavy (non-hydrogen) atoms. The monoisotopic (exact) mass is 312 g/mol. The van der Waals surface area contributed by atoms with Crippen molar-refractivity contribution >= 4 is 0 Å². The van der Waals surface area contributed by atoms with Gasteiger partial charge in [0.2, 0.25) is 0 Å². The van der Waals surface area contributed by atoms with Crippen molar-refractivity contribution in [2.75, 3.05) is 0 Å². The lowest BCUT2D eigenvalue weighted by Crippen LogP contribution is -2.11. The number of hydrogen-bond donors (Lipinski definition) is 0. The first-order valence-corrected chi connectivity index (χ1v) is 8.71. The van der Waals surface area contributed by atoms with Crippen molar-refractivity contribution in [3.05, 3.63) is 60.2 Å². The molecule has 1 unspecified atom stereocenters. The third kappa shape index (κ3) is 6.77. The fourth-order valence-corrected chi connectivity index (χ4v) is 2.51. The second kappa shape index (κ2) is 9.94. The molecule has 0 saturated carbocycles. The van der Waals surface area contributed by atoms with E-state index < -0.39 is 0 Å². The Morgan fingerprint density at radius 2 is 1.52 bits per heavy atom. The van der Waals surface area contributed by atoms with Crippen LogP contribution in [0.5, 0.6) is 11.5 Å². The van der Waals surface area contributed by atoms with Gasteiger partial charge < -0.3 is 9.47 Å². The van der Waals surface area contributed by atoms with Gasteiger partial charge in [0.05, 0.1) is 6.10 Å². The van der Waals surface area contributed by atoms with Gasteiger partial charge in [-0.15, -0.1) is 0 Å². The van der Waals surface area contributed by atoms with Crippen molar-refractivity contribution < 1.29 is 9.47 Å². The molecule has 2 aromatic rings. The number of ether oxygens (including phenoxy) is 2. The molecule has 0 N–H and O–H groups in total. The van der Waals surface area contributed by atoms with Crippen molar-refractivity contribution in [2.24, 2.45) is 0 Å². The molecule has 2 heteroatoms. The molecule has 0 amide bonds. The molecule has 1 atom stereocenters. The second-order valence-corrected chi connectivity index (χ2v) is 6.02. The molecule has 0 bridgehead atoms. The van der Waals surface area contributed by atoms with Crippen LogP contribution in [0.1, 0.15) is 51.5 Å². The van der Waals surface area contributed by atoms with Crippen molar-refractivity contribution in [1.82, 2.24) is 0 Å². The summed E-state index contributed by atoms with van der Waals surface area (Å²) in [4.78, 5) is 0. The molecule has 0 aliphatic rings. The summed E-state index contributed by atoms with van der Waals surface area (Å²) in [5.41, 5.74) is 1.17. The summed E-state index contributed by atoms with van der Waals surface area (Å²) in [5, 5.41) is 0. The molecule has 0 aromatic heterocycles. The van der Waals surface area contributed by atoms with Crippen molar-refractivity contribution in [3.63, 3.8) is 0 Å². The van der Waals surface area contributed by atoms with Crippen LogP contribution in [0.25, 0.3) is 0 Å². The molecule has 0 spiro atoms. The molecule has 0 aliphatic carbocycles. The van der Waals surface area contributed by atoms with E-state index in [1.165, 1.54) is 31.2 Å². The molecule has 0 aliphatic heterocycles. The average molecular weight is 312 g/mol. The Balaban J connectivity index is 1.73. The van der Waals surface area contributed by atoms with Gasteiger partial charge in [0.1, 0.15) is 18.1 Å². The van der Waals surface area contributed by atoms with E-state index >= 15 is 0 Å². The highest BCUT2D eigenvalue weighted by molar-refractivity contribution is 5.31. The van der Waals surface area contributed by atoms with Crippen LogP contribution in [0.15, 0.2) is 54.6 Å². The third-order valence-corrected chi connectivity index (χ3v) is 3.87. The Morgan fingerprint density at radius 1 is 0.826 bits per heavy atom. The van der Waals surface area contributed by atoms with Crippen molar-refractivity contribution in [1.29, 1.82) is 0 Å². The normalized spacial score (nSPS) is 11.9. The van der Waals surface area contributed by atoms with Gasteiger partial charge in [-0.1, -0.05) is 56.5 Å². The molecule has 2 aromatic carbocycles. The number of hydrogen-bond acceptors (Lipinski definition) is 2. The zero-order valence-corrected chi connectivity index (χ0v) is 14.3. The van der Waals surface area contributed by atoms with Crippen LogP contribution in [-0.4, -0.2) is 6.10 Å². The quantitative estimate of drug-likeness (QED) is 0.501. The van der Waals surface area contributed by atoms with Crippen LogP contribution in [0, 0.1) is 0 Å². The van der Waals surface area contributed by atoms with Crippen LogP contribution >= 0.6 is 0 Å². The summed E-state index contributed by atoms with van der Waals surface area (Å²) in [5.74, 6) is 1.79. The molecular weight excluding hydrogens is 284 g/mol. The van der Waals surface area contributed by atoms with E-state index in [0.717, 1.165) is 17.9 Å². The summed E-state index contributed by atoms with van der Waals surface area (Å²) < 4.78 is 11.7. The summed E-state index contributed by atoms with van der Waals surface area (Å²) in [6, 6.07) is 18.1. The summed E-state index contributed by atoms with van der Waals surface area (Å²) >= 11 is 0. The SMILES string of the molecule is CCCCCCC(C)Oc1ccc(OCc2ccccc2)cc1. The molecular formula is C21H28O2. The lowest BCUT2D eigenvalue weighted by Gasteiger charge is -2.15. The highest BCUT2D eigenvalue weighted by Crippen LogP contribution is 2.20. The maximum absolute atomic E-state index is 5.96. The van der Waals surface area contributed by atoms with Crippen LogP contribution in [0.2, 0.25) is 0 Å². The van der Waals surface area contributed by atoms with Crippen molar-refractivity contribution in [3.8, 4) is 11.5 Å². The van der Waals surface area contributed by atoms with E-state index in [1.54, 1.807) is 0 Å². The minimum Gasteiger partial charge on any atom is -0.491 e. The smallest absolute Gasteiger partial charge is 0.120 e. The van der Waals surface area contributed by atoms with Gasteiger partial charge in [0.15, 0.2) is 0 Å². The largest absolute Gasteiger partial charge is 0.491 e. The first-order chi connectivity index (χ1) is 11.3. The van der Waals surface area contributed by atoms with E-state index in [0.29, 0.717) is 6.61 Å². The fourth-order valence-electron chi connectivity index (χ4n) is 2.51. The van der Waals surface area contributed by atoms with Gasteiger partial charge >= 0.3 is 0 Å². The minimum absolute atomic E-state index is 0.267. The van der Waals surface area contributed by atoms with E-state index in [1.807, 2.05) is 42.5 Å². The van der Waals surface area contributed by atoms with Gasteiger partial charge in [0.25, 0.3) is 0 Å². The molecule has 0 fully saturated rings. The summed E-state index contributed by atoms with van der Waals surface area (Å²) in [6.07, 6.45) is 6.53. The predicted molar refractivity (Wildman–Crippen MR) is 96.1 cm³/mol. The number of unbranched alkanes of at least 4 members (excludes halogenated alkanes) is 3. The Labute approximate surface area is 140 Å².